The molecule has 0 saturated carbocycles. The van der Waals surface area contributed by atoms with Crippen LogP contribution in [0, 0.1) is 0 Å². The molecule has 1 rings (SSSR count). The second-order valence-corrected chi connectivity index (χ2v) is 3.13. The quantitative estimate of drug-likeness (QED) is 0.757. The molecular formula is C8H11F4N5O. The second kappa shape index (κ2) is 5.65. The van der Waals surface area contributed by atoms with Crippen molar-refractivity contribution in [2.24, 2.45) is 0 Å². The van der Waals surface area contributed by atoms with Gasteiger partial charge in [0.05, 0.1) is 13.7 Å². The number of halogens is 4. The summed E-state index contributed by atoms with van der Waals surface area (Å²) in [6.07, 6.45) is -3.77. The molecule has 10 heteroatoms. The van der Waals surface area contributed by atoms with E-state index in [0.717, 1.165) is 0 Å². The van der Waals surface area contributed by atoms with Gasteiger partial charge in [0.15, 0.2) is 0 Å². The summed E-state index contributed by atoms with van der Waals surface area (Å²) in [4.78, 5) is 11.0. The first-order valence-electron chi connectivity index (χ1n) is 4.76. The van der Waals surface area contributed by atoms with Gasteiger partial charge in [0.2, 0.25) is 11.9 Å². The van der Waals surface area contributed by atoms with Crippen LogP contribution < -0.4 is 15.4 Å². The maximum atomic E-state index is 12.7. The van der Waals surface area contributed by atoms with E-state index in [9.17, 15) is 17.6 Å². The van der Waals surface area contributed by atoms with Gasteiger partial charge in [0, 0.05) is 7.05 Å². The molecule has 18 heavy (non-hydrogen) atoms. The molecular weight excluding hydrogens is 258 g/mol. The van der Waals surface area contributed by atoms with Crippen LogP contribution in [-0.2, 0) is 0 Å². The highest BCUT2D eigenvalue weighted by Crippen LogP contribution is 2.23. The highest BCUT2D eigenvalue weighted by atomic mass is 19.3. The lowest BCUT2D eigenvalue weighted by Crippen LogP contribution is -2.35. The van der Waals surface area contributed by atoms with Crippen LogP contribution in [0.15, 0.2) is 0 Å². The number of hydrogen-bond acceptors (Lipinski definition) is 6. The van der Waals surface area contributed by atoms with Gasteiger partial charge in [-0.2, -0.15) is 23.7 Å². The third-order valence-corrected chi connectivity index (χ3v) is 1.82. The van der Waals surface area contributed by atoms with E-state index < -0.39 is 18.9 Å². The third kappa shape index (κ3) is 3.57. The normalized spacial score (nSPS) is 11.5. The Hall–Kier alpha value is -1.87. The minimum absolute atomic E-state index is 0.0599. The number of nitrogens with one attached hydrogen (secondary N) is 2. The van der Waals surface area contributed by atoms with Crippen LogP contribution in [0.2, 0.25) is 0 Å². The molecule has 102 valence electrons. The number of methoxy groups -OCH3 is 1. The Bertz CT molecular complexity index is 381. The number of ether oxygens (including phenoxy) is 1. The Kier molecular flexibility index (Phi) is 4.45. The molecule has 0 aliphatic rings. The predicted octanol–water partition coefficient (Wildman–Crippen LogP) is 1.23. The van der Waals surface area contributed by atoms with Crippen molar-refractivity contribution < 1.29 is 22.3 Å². The lowest BCUT2D eigenvalue weighted by molar-refractivity contribution is -0.117. The first-order valence-corrected chi connectivity index (χ1v) is 4.76. The van der Waals surface area contributed by atoms with Crippen molar-refractivity contribution in [3.8, 4) is 6.01 Å². The van der Waals surface area contributed by atoms with Crippen molar-refractivity contribution >= 4 is 11.9 Å². The molecule has 1 aromatic rings. The number of anilines is 2. The van der Waals surface area contributed by atoms with E-state index in [1.54, 1.807) is 0 Å². The summed E-state index contributed by atoms with van der Waals surface area (Å²) in [5, 5.41) is 4.55. The van der Waals surface area contributed by atoms with Gasteiger partial charge < -0.3 is 15.4 Å². The van der Waals surface area contributed by atoms with Gasteiger partial charge in [0.25, 0.3) is 0 Å². The minimum atomic E-state index is -4.17. The van der Waals surface area contributed by atoms with Gasteiger partial charge in [-0.05, 0) is 0 Å². The summed E-state index contributed by atoms with van der Waals surface area (Å²) in [7, 11) is 2.76. The first kappa shape index (κ1) is 14.2. The monoisotopic (exact) mass is 269 g/mol. The van der Waals surface area contributed by atoms with E-state index in [4.69, 9.17) is 4.74 Å². The zero-order valence-electron chi connectivity index (χ0n) is 9.55. The molecule has 0 aromatic carbocycles. The van der Waals surface area contributed by atoms with Crippen molar-refractivity contribution in [3.05, 3.63) is 0 Å². The Morgan fingerprint density at radius 2 is 1.83 bits per heavy atom. The van der Waals surface area contributed by atoms with Crippen molar-refractivity contribution in [1.29, 1.82) is 0 Å². The maximum absolute atomic E-state index is 12.7. The summed E-state index contributed by atoms with van der Waals surface area (Å²) < 4.78 is 53.9. The van der Waals surface area contributed by atoms with Gasteiger partial charge in [-0.3, -0.25) is 0 Å². The van der Waals surface area contributed by atoms with E-state index in [1.807, 2.05) is 5.32 Å². The molecule has 0 radical (unpaired) electrons. The van der Waals surface area contributed by atoms with Crippen LogP contribution in [0.25, 0.3) is 0 Å². The van der Waals surface area contributed by atoms with Crippen molar-refractivity contribution in [3.63, 3.8) is 0 Å². The van der Waals surface area contributed by atoms with Gasteiger partial charge in [0.1, 0.15) is 0 Å². The number of hydrogen-bond donors (Lipinski definition) is 2. The average molecular weight is 269 g/mol. The van der Waals surface area contributed by atoms with Gasteiger partial charge >= 0.3 is 18.4 Å². The number of rotatable bonds is 6. The molecule has 0 amide bonds. The molecule has 0 saturated heterocycles. The van der Waals surface area contributed by atoms with Crippen LogP contribution in [-0.4, -0.2) is 48.0 Å². The van der Waals surface area contributed by atoms with E-state index in [0.29, 0.717) is 0 Å². The molecule has 0 bridgehead atoms. The highest BCUT2D eigenvalue weighted by Gasteiger charge is 2.40. The van der Waals surface area contributed by atoms with Crippen molar-refractivity contribution in [2.45, 2.75) is 12.3 Å². The predicted molar refractivity (Wildman–Crippen MR) is 55.4 cm³/mol. The smallest absolute Gasteiger partial charge is 0.324 e. The second-order valence-electron chi connectivity index (χ2n) is 3.13. The van der Waals surface area contributed by atoms with Crippen LogP contribution in [0.5, 0.6) is 6.01 Å². The Balaban J connectivity index is 2.78. The average Bonchev–Trinajstić information content (AvgIpc) is 2.35. The summed E-state index contributed by atoms with van der Waals surface area (Å²) in [6, 6.07) is -0.128. The minimum Gasteiger partial charge on any atom is -0.467 e. The molecule has 0 fully saturated rings. The molecule has 1 aromatic heterocycles. The van der Waals surface area contributed by atoms with Gasteiger partial charge in [-0.25, -0.2) is 8.78 Å². The lowest BCUT2D eigenvalue weighted by atomic mass is 10.3. The Morgan fingerprint density at radius 1 is 1.22 bits per heavy atom. The summed E-state index contributed by atoms with van der Waals surface area (Å²) in [5.41, 5.74) is 0. The van der Waals surface area contributed by atoms with Gasteiger partial charge in [-0.1, -0.05) is 0 Å². The topological polar surface area (TPSA) is 72.0 Å². The zero-order chi connectivity index (χ0) is 13.8. The molecule has 2 N–H and O–H groups in total. The fourth-order valence-corrected chi connectivity index (χ4v) is 0.913. The van der Waals surface area contributed by atoms with Gasteiger partial charge in [-0.15, -0.1) is 0 Å². The SMILES string of the molecule is CNc1nc(NCC(F)(F)C(F)F)nc(OC)n1. The van der Waals surface area contributed by atoms with Crippen molar-refractivity contribution in [1.82, 2.24) is 15.0 Å². The maximum Gasteiger partial charge on any atom is 0.324 e. The van der Waals surface area contributed by atoms with Crippen molar-refractivity contribution in [2.75, 3.05) is 31.3 Å². The van der Waals surface area contributed by atoms with E-state index in [1.165, 1.54) is 14.2 Å². The Morgan fingerprint density at radius 3 is 2.33 bits per heavy atom. The standard InChI is InChI=1S/C8H11F4N5O/c1-13-5-15-6(17-7(16-5)18-2)14-3-8(11,12)4(9)10/h4H,3H2,1-2H3,(H2,13,14,15,16,17). The summed E-state index contributed by atoms with van der Waals surface area (Å²) in [6.45, 7) is -1.29. The molecule has 1 heterocycles. The number of alkyl halides is 4. The number of nitrogens with zero attached hydrogens (tertiary/aromatic N) is 3. The van der Waals surface area contributed by atoms with Crippen LogP contribution >= 0.6 is 0 Å². The largest absolute Gasteiger partial charge is 0.467 e. The fraction of sp³-hybridized carbons (Fsp3) is 0.625. The molecule has 0 aliphatic heterocycles. The molecule has 0 unspecified atom stereocenters. The van der Waals surface area contributed by atoms with Crippen LogP contribution in [0.3, 0.4) is 0 Å². The highest BCUT2D eigenvalue weighted by molar-refractivity contribution is 5.35. The van der Waals surface area contributed by atoms with E-state index in [-0.39, 0.29) is 17.9 Å². The van der Waals surface area contributed by atoms with E-state index >= 15 is 0 Å². The number of aromatic nitrogens is 3. The molecule has 6 nitrogen and oxygen atoms in total. The Labute approximate surface area is 99.8 Å². The fourth-order valence-electron chi connectivity index (χ4n) is 0.913. The van der Waals surface area contributed by atoms with E-state index in [2.05, 4.69) is 20.3 Å². The third-order valence-electron chi connectivity index (χ3n) is 1.82. The van der Waals surface area contributed by atoms with Crippen LogP contribution in [0.4, 0.5) is 29.5 Å². The summed E-state index contributed by atoms with van der Waals surface area (Å²) >= 11 is 0. The van der Waals surface area contributed by atoms with Crippen LogP contribution in [0.1, 0.15) is 0 Å². The molecule has 0 atom stereocenters. The first-order chi connectivity index (χ1) is 8.39. The molecule has 0 aliphatic carbocycles. The molecule has 0 spiro atoms. The summed E-state index contributed by atoms with van der Waals surface area (Å²) in [5.74, 6) is -4.39. The zero-order valence-corrected chi connectivity index (χ0v) is 9.55. The lowest BCUT2D eigenvalue weighted by Gasteiger charge is -2.15.